The maximum absolute atomic E-state index is 15.5. The molecule has 0 saturated carbocycles. The Morgan fingerprint density at radius 3 is 2.61 bits per heavy atom. The van der Waals surface area contributed by atoms with Crippen LogP contribution < -0.4 is 15.6 Å². The van der Waals surface area contributed by atoms with E-state index in [2.05, 4.69) is 25.2 Å². The molecule has 2 saturated heterocycles. The third kappa shape index (κ3) is 4.26. The zero-order chi connectivity index (χ0) is 31.1. The molecule has 0 amide bonds. The van der Waals surface area contributed by atoms with Gasteiger partial charge in [0.2, 0.25) is 5.43 Å². The van der Waals surface area contributed by atoms with Gasteiger partial charge in [0.05, 0.1) is 39.6 Å². The molecule has 10 nitrogen and oxygen atoms in total. The van der Waals surface area contributed by atoms with Crippen molar-refractivity contribution < 1.29 is 27.5 Å². The molecule has 6 heterocycles. The number of benzene rings is 1. The van der Waals surface area contributed by atoms with Crippen molar-refractivity contribution in [3.05, 3.63) is 58.1 Å². The fraction of sp³-hybridized carbons (Fsp3) is 0.333. The zero-order valence-electron chi connectivity index (χ0n) is 23.7. The van der Waals surface area contributed by atoms with Crippen molar-refractivity contribution in [3.8, 4) is 11.1 Å². The van der Waals surface area contributed by atoms with Gasteiger partial charge in [0.25, 0.3) is 5.92 Å². The molecule has 1 unspecified atom stereocenters. The maximum atomic E-state index is 15.5. The Morgan fingerprint density at radius 2 is 1.95 bits per heavy atom. The molecule has 2 fully saturated rings. The Hall–Kier alpha value is -4.72. The summed E-state index contributed by atoms with van der Waals surface area (Å²) in [5.74, 6) is -6.71. The molecule has 44 heavy (non-hydrogen) atoms. The second-order valence-electron chi connectivity index (χ2n) is 11.5. The van der Waals surface area contributed by atoms with E-state index in [0.717, 1.165) is 19.0 Å². The first-order valence-electron chi connectivity index (χ1n) is 14.1. The summed E-state index contributed by atoms with van der Waals surface area (Å²) in [5.41, 5.74) is 0.459. The number of carboxylic acid groups (broad SMARTS) is 1. The van der Waals surface area contributed by atoms with Gasteiger partial charge in [0.1, 0.15) is 16.9 Å². The van der Waals surface area contributed by atoms with E-state index in [4.69, 9.17) is 0 Å². The molecule has 0 aliphatic carbocycles. The van der Waals surface area contributed by atoms with Crippen molar-refractivity contribution in [1.82, 2.24) is 24.4 Å². The molecule has 5 aromatic rings. The first-order chi connectivity index (χ1) is 21.0. The highest BCUT2D eigenvalue weighted by atomic mass is 19.3. The summed E-state index contributed by atoms with van der Waals surface area (Å²) in [6.45, 7) is 0.665. The van der Waals surface area contributed by atoms with Crippen LogP contribution in [0.2, 0.25) is 0 Å². The number of carbonyl (C=O) groups is 1. The molecule has 0 spiro atoms. The number of H-pyrrole nitrogens is 1. The largest absolute Gasteiger partial charge is 0.477 e. The van der Waals surface area contributed by atoms with Crippen LogP contribution in [-0.2, 0) is 0 Å². The highest BCUT2D eigenvalue weighted by Crippen LogP contribution is 2.45. The lowest BCUT2D eigenvalue weighted by atomic mass is 10.0. The predicted molar refractivity (Wildman–Crippen MR) is 158 cm³/mol. The Kier molecular flexibility index (Phi) is 6.32. The minimum absolute atomic E-state index is 0.0309. The number of likely N-dealkylation sites (N-methyl/N-ethyl adjacent to an activating group) is 1. The Bertz CT molecular complexity index is 2080. The standard InChI is InChI=1S/C30H27F4N7O3/c1-35-20-8-19(31)23(32)21-22-25(40-6-4-30(33,34)13-40)17(10-36-27(22)38-24(20)21)14-7-16-26(42)18(29(43)44)12-41(28(16)37-9-14)15-3-5-39(2)11-15/h7-10,12,15,35H,3-6,11,13H2,1-2H3,(H,36,38)(H,43,44). The van der Waals surface area contributed by atoms with E-state index in [1.54, 1.807) is 11.6 Å². The summed E-state index contributed by atoms with van der Waals surface area (Å²) >= 11 is 0. The number of aromatic nitrogens is 4. The molecule has 1 aromatic carbocycles. The van der Waals surface area contributed by atoms with Crippen molar-refractivity contribution in [2.24, 2.45) is 0 Å². The molecule has 4 aromatic heterocycles. The molecular weight excluding hydrogens is 582 g/mol. The molecule has 2 aliphatic heterocycles. The van der Waals surface area contributed by atoms with Gasteiger partial charge in [-0.05, 0) is 26.1 Å². The number of rotatable bonds is 5. The summed E-state index contributed by atoms with van der Waals surface area (Å²) in [4.78, 5) is 41.0. The monoisotopic (exact) mass is 609 g/mol. The highest BCUT2D eigenvalue weighted by Gasteiger charge is 2.40. The highest BCUT2D eigenvalue weighted by molar-refractivity contribution is 6.18. The van der Waals surface area contributed by atoms with Gasteiger partial charge < -0.3 is 29.8 Å². The quantitative estimate of drug-likeness (QED) is 0.243. The molecule has 0 radical (unpaired) electrons. The van der Waals surface area contributed by atoms with Gasteiger partial charge in [0, 0.05) is 68.4 Å². The van der Waals surface area contributed by atoms with E-state index < -0.39 is 47.5 Å². The lowest BCUT2D eigenvalue weighted by Crippen LogP contribution is -2.25. The van der Waals surface area contributed by atoms with E-state index in [9.17, 15) is 27.9 Å². The second kappa shape index (κ2) is 9.91. The van der Waals surface area contributed by atoms with Crippen molar-refractivity contribution in [1.29, 1.82) is 0 Å². The van der Waals surface area contributed by atoms with E-state index in [-0.39, 0.29) is 68.1 Å². The number of halogens is 4. The fourth-order valence-electron chi connectivity index (χ4n) is 6.56. The van der Waals surface area contributed by atoms with E-state index >= 15 is 4.39 Å². The number of alkyl halides is 2. The zero-order valence-corrected chi connectivity index (χ0v) is 23.7. The molecule has 14 heteroatoms. The summed E-state index contributed by atoms with van der Waals surface area (Å²) in [7, 11) is 3.49. The number of nitrogens with one attached hydrogen (secondary N) is 2. The Balaban J connectivity index is 1.53. The van der Waals surface area contributed by atoms with Crippen LogP contribution >= 0.6 is 0 Å². The summed E-state index contributed by atoms with van der Waals surface area (Å²) < 4.78 is 61.2. The van der Waals surface area contributed by atoms with Crippen LogP contribution in [0.5, 0.6) is 0 Å². The number of likely N-dealkylation sites (tertiary alicyclic amines) is 1. The van der Waals surface area contributed by atoms with Crippen LogP contribution in [0.1, 0.15) is 29.2 Å². The fourth-order valence-corrected chi connectivity index (χ4v) is 6.56. The van der Waals surface area contributed by atoms with Crippen molar-refractivity contribution in [2.75, 3.05) is 50.5 Å². The average Bonchev–Trinajstić information content (AvgIpc) is 3.70. The molecular formula is C30H27F4N7O3. The lowest BCUT2D eigenvalue weighted by molar-refractivity contribution is 0.0257. The topological polar surface area (TPSA) is 119 Å². The number of carboxylic acids is 1. The first kappa shape index (κ1) is 28.1. The molecule has 228 valence electrons. The van der Waals surface area contributed by atoms with Crippen molar-refractivity contribution >= 4 is 50.3 Å². The van der Waals surface area contributed by atoms with E-state index in [1.165, 1.54) is 29.6 Å². The van der Waals surface area contributed by atoms with Crippen LogP contribution in [0.4, 0.5) is 28.9 Å². The lowest BCUT2D eigenvalue weighted by Gasteiger charge is -2.23. The number of hydrogen-bond acceptors (Lipinski definition) is 7. The minimum atomic E-state index is -3.03. The van der Waals surface area contributed by atoms with E-state index in [1.807, 2.05) is 7.05 Å². The van der Waals surface area contributed by atoms with Gasteiger partial charge in [-0.2, -0.15) is 0 Å². The number of nitrogens with zero attached hydrogens (tertiary/aromatic N) is 5. The minimum Gasteiger partial charge on any atom is -0.477 e. The average molecular weight is 610 g/mol. The number of pyridine rings is 3. The maximum Gasteiger partial charge on any atom is 0.341 e. The van der Waals surface area contributed by atoms with Gasteiger partial charge in [-0.1, -0.05) is 0 Å². The first-order valence-corrected chi connectivity index (χ1v) is 14.1. The Labute approximate surface area is 246 Å². The Morgan fingerprint density at radius 1 is 1.16 bits per heavy atom. The summed E-state index contributed by atoms with van der Waals surface area (Å²) in [6.07, 6.45) is 4.46. The SMILES string of the molecule is CNc1cc(F)c(F)c2c1[nH]c1ncc(-c3cnc4c(c3)c(=O)c(C(=O)O)cn4C3CCN(C)C3)c(N3CCC(F)(F)C3)c12. The molecule has 3 N–H and O–H groups in total. The third-order valence-corrected chi connectivity index (χ3v) is 8.69. The normalized spacial score (nSPS) is 18.7. The van der Waals surface area contributed by atoms with Crippen molar-refractivity contribution in [2.45, 2.75) is 24.8 Å². The summed E-state index contributed by atoms with van der Waals surface area (Å²) in [5, 5.41) is 12.7. The van der Waals surface area contributed by atoms with Crippen LogP contribution in [0.25, 0.3) is 44.1 Å². The number of hydrogen-bond donors (Lipinski definition) is 3. The van der Waals surface area contributed by atoms with Crippen molar-refractivity contribution in [3.63, 3.8) is 0 Å². The van der Waals surface area contributed by atoms with Crippen LogP contribution in [0.15, 0.2) is 35.5 Å². The van der Waals surface area contributed by atoms with Crippen LogP contribution in [0.3, 0.4) is 0 Å². The van der Waals surface area contributed by atoms with Gasteiger partial charge in [-0.25, -0.2) is 32.3 Å². The number of aromatic amines is 1. The number of fused-ring (bicyclic) bond motifs is 4. The predicted octanol–water partition coefficient (Wildman–Crippen LogP) is 4.83. The smallest absolute Gasteiger partial charge is 0.341 e. The molecule has 0 bridgehead atoms. The van der Waals surface area contributed by atoms with Crippen LogP contribution in [0, 0.1) is 11.6 Å². The van der Waals surface area contributed by atoms with Gasteiger partial charge in [-0.3, -0.25) is 4.79 Å². The molecule has 7 rings (SSSR count). The van der Waals surface area contributed by atoms with Crippen LogP contribution in [-0.4, -0.2) is 81.7 Å². The number of anilines is 2. The molecule has 1 atom stereocenters. The van der Waals surface area contributed by atoms with Gasteiger partial charge >= 0.3 is 5.97 Å². The van der Waals surface area contributed by atoms with Gasteiger partial charge in [-0.15, -0.1) is 0 Å². The second-order valence-corrected chi connectivity index (χ2v) is 11.5. The third-order valence-electron chi connectivity index (χ3n) is 8.69. The number of aromatic carboxylic acids is 1. The molecule has 2 aliphatic rings. The summed E-state index contributed by atoms with van der Waals surface area (Å²) in [6, 6.07) is 2.35. The van der Waals surface area contributed by atoms with E-state index in [0.29, 0.717) is 6.54 Å². The van der Waals surface area contributed by atoms with Gasteiger partial charge in [0.15, 0.2) is 11.6 Å².